The van der Waals surface area contributed by atoms with Crippen LogP contribution in [-0.2, 0) is 13.0 Å². The average Bonchev–Trinajstić information content (AvgIpc) is 3.08. The number of aromatic nitrogens is 1. The van der Waals surface area contributed by atoms with E-state index in [4.69, 9.17) is 27.9 Å². The van der Waals surface area contributed by atoms with Crippen molar-refractivity contribution in [3.63, 3.8) is 0 Å². The highest BCUT2D eigenvalue weighted by Gasteiger charge is 2.16. The van der Waals surface area contributed by atoms with Crippen molar-refractivity contribution in [1.29, 1.82) is 0 Å². The van der Waals surface area contributed by atoms with Crippen molar-refractivity contribution in [1.82, 2.24) is 4.57 Å². The van der Waals surface area contributed by atoms with E-state index in [0.29, 0.717) is 16.6 Å². The van der Waals surface area contributed by atoms with Gasteiger partial charge in [-0.3, -0.25) is 0 Å². The van der Waals surface area contributed by atoms with Crippen LogP contribution in [0.15, 0.2) is 66.9 Å². The zero-order valence-corrected chi connectivity index (χ0v) is 18.4. The van der Waals surface area contributed by atoms with Crippen LogP contribution in [0.2, 0.25) is 10.0 Å². The van der Waals surface area contributed by atoms with Crippen LogP contribution in [0.5, 0.6) is 5.75 Å². The van der Waals surface area contributed by atoms with Gasteiger partial charge in [0.15, 0.2) is 0 Å². The van der Waals surface area contributed by atoms with Gasteiger partial charge in [-0.25, -0.2) is 0 Å². The molecule has 0 fully saturated rings. The molecule has 0 aliphatic rings. The summed E-state index contributed by atoms with van der Waals surface area (Å²) in [7, 11) is 1.67. The summed E-state index contributed by atoms with van der Waals surface area (Å²) in [6.07, 6.45) is 2.23. The maximum atomic E-state index is 10.8. The fourth-order valence-electron chi connectivity index (χ4n) is 3.79. The molecule has 1 N–H and O–H groups in total. The first-order valence-corrected chi connectivity index (χ1v) is 10.5. The number of hydrogen-bond acceptors (Lipinski definition) is 2. The Hall–Kier alpha value is -2.46. The summed E-state index contributed by atoms with van der Waals surface area (Å²) in [5.74, 6) is 0.816. The van der Waals surface area contributed by atoms with Crippen LogP contribution in [0, 0.1) is 6.92 Å². The molecular formula is C25H23Cl2NO2. The molecule has 0 spiro atoms. The molecule has 0 amide bonds. The minimum absolute atomic E-state index is 0.411. The lowest BCUT2D eigenvalue weighted by Crippen LogP contribution is -2.08. The monoisotopic (exact) mass is 439 g/mol. The van der Waals surface area contributed by atoms with Gasteiger partial charge in [0.1, 0.15) is 5.75 Å². The van der Waals surface area contributed by atoms with Crippen molar-refractivity contribution in [2.24, 2.45) is 0 Å². The number of aliphatic hydroxyl groups is 1. The molecule has 3 aromatic carbocycles. The zero-order valence-electron chi connectivity index (χ0n) is 16.9. The second kappa shape index (κ2) is 8.73. The number of hydrogen-bond donors (Lipinski definition) is 1. The van der Waals surface area contributed by atoms with Crippen LogP contribution in [-0.4, -0.2) is 16.8 Å². The maximum Gasteiger partial charge on any atom is 0.119 e. The molecule has 0 bridgehead atoms. The Balaban J connectivity index is 1.72. The maximum absolute atomic E-state index is 10.8. The lowest BCUT2D eigenvalue weighted by molar-refractivity contribution is 0.158. The molecule has 0 saturated heterocycles. The fourth-order valence-corrected chi connectivity index (χ4v) is 4.10. The number of benzene rings is 3. The van der Waals surface area contributed by atoms with E-state index in [2.05, 4.69) is 48.0 Å². The minimum Gasteiger partial charge on any atom is -0.497 e. The van der Waals surface area contributed by atoms with Gasteiger partial charge in [-0.15, -0.1) is 0 Å². The number of methoxy groups -OCH3 is 1. The third-order valence-electron chi connectivity index (χ3n) is 5.51. The molecule has 0 aliphatic heterocycles. The first-order chi connectivity index (χ1) is 14.5. The number of halogens is 2. The highest BCUT2D eigenvalue weighted by Crippen LogP contribution is 2.31. The van der Waals surface area contributed by atoms with Crippen LogP contribution in [0.4, 0.5) is 0 Å². The molecule has 1 heterocycles. The Morgan fingerprint density at radius 1 is 0.967 bits per heavy atom. The molecule has 1 atom stereocenters. The van der Waals surface area contributed by atoms with Crippen molar-refractivity contribution >= 4 is 34.1 Å². The van der Waals surface area contributed by atoms with E-state index >= 15 is 0 Å². The van der Waals surface area contributed by atoms with Crippen LogP contribution >= 0.6 is 23.2 Å². The van der Waals surface area contributed by atoms with Gasteiger partial charge < -0.3 is 14.4 Å². The second-order valence-electron chi connectivity index (χ2n) is 7.48. The van der Waals surface area contributed by atoms with E-state index in [9.17, 15) is 5.11 Å². The molecule has 4 aromatic rings. The van der Waals surface area contributed by atoms with E-state index in [0.717, 1.165) is 28.6 Å². The highest BCUT2D eigenvalue weighted by atomic mass is 35.5. The van der Waals surface area contributed by atoms with E-state index in [1.807, 2.05) is 18.2 Å². The summed E-state index contributed by atoms with van der Waals surface area (Å²) >= 11 is 12.1. The van der Waals surface area contributed by atoms with Crippen molar-refractivity contribution in [2.75, 3.05) is 7.11 Å². The SMILES string of the molecule is COc1ccc2c(c1)c(Cc1ccccc1C)cn2CC(O)c1ccc(Cl)c(Cl)c1. The first kappa shape index (κ1) is 20.8. The van der Waals surface area contributed by atoms with Crippen molar-refractivity contribution in [2.45, 2.75) is 26.0 Å². The Morgan fingerprint density at radius 2 is 1.77 bits per heavy atom. The van der Waals surface area contributed by atoms with Crippen LogP contribution in [0.1, 0.15) is 28.4 Å². The largest absolute Gasteiger partial charge is 0.497 e. The van der Waals surface area contributed by atoms with Crippen LogP contribution in [0.3, 0.4) is 0 Å². The van der Waals surface area contributed by atoms with Gasteiger partial charge in [0.25, 0.3) is 0 Å². The van der Waals surface area contributed by atoms with Gasteiger partial charge >= 0.3 is 0 Å². The minimum atomic E-state index is -0.705. The number of fused-ring (bicyclic) bond motifs is 1. The Morgan fingerprint density at radius 3 is 2.50 bits per heavy atom. The quantitative estimate of drug-likeness (QED) is 0.367. The van der Waals surface area contributed by atoms with Crippen molar-refractivity contribution in [3.8, 4) is 5.75 Å². The molecule has 154 valence electrons. The molecule has 1 unspecified atom stereocenters. The standard InChI is InChI=1S/C25H23Cl2NO2/c1-16-5-3-4-6-17(16)11-19-14-28(24-10-8-20(30-2)13-21(19)24)15-25(29)18-7-9-22(26)23(27)12-18/h3-10,12-14,25,29H,11,15H2,1-2H3. The summed E-state index contributed by atoms with van der Waals surface area (Å²) in [4.78, 5) is 0. The third-order valence-corrected chi connectivity index (χ3v) is 6.25. The Kier molecular flexibility index (Phi) is 6.05. The zero-order chi connectivity index (χ0) is 21.3. The first-order valence-electron chi connectivity index (χ1n) is 9.79. The Labute approximate surface area is 186 Å². The molecule has 3 nitrogen and oxygen atoms in total. The topological polar surface area (TPSA) is 34.4 Å². The average molecular weight is 440 g/mol. The van der Waals surface area contributed by atoms with E-state index < -0.39 is 6.10 Å². The number of aryl methyl sites for hydroxylation is 1. The molecule has 30 heavy (non-hydrogen) atoms. The number of nitrogens with zero attached hydrogens (tertiary/aromatic N) is 1. The van der Waals surface area contributed by atoms with Gasteiger partial charge in [-0.1, -0.05) is 53.5 Å². The van der Waals surface area contributed by atoms with Gasteiger partial charge in [0.05, 0.1) is 29.8 Å². The summed E-state index contributed by atoms with van der Waals surface area (Å²) < 4.78 is 7.54. The second-order valence-corrected chi connectivity index (χ2v) is 8.30. The van der Waals surface area contributed by atoms with E-state index in [-0.39, 0.29) is 0 Å². The fraction of sp³-hybridized carbons (Fsp3) is 0.200. The van der Waals surface area contributed by atoms with Crippen LogP contribution in [0.25, 0.3) is 10.9 Å². The lowest BCUT2D eigenvalue weighted by atomic mass is 10.0. The molecule has 4 rings (SSSR count). The normalized spacial score (nSPS) is 12.3. The predicted molar refractivity (Wildman–Crippen MR) is 124 cm³/mol. The van der Waals surface area contributed by atoms with Gasteiger partial charge in [0.2, 0.25) is 0 Å². The van der Waals surface area contributed by atoms with E-state index in [1.165, 1.54) is 16.7 Å². The Bertz CT molecular complexity index is 1200. The lowest BCUT2D eigenvalue weighted by Gasteiger charge is -2.14. The number of rotatable bonds is 6. The smallest absolute Gasteiger partial charge is 0.119 e. The molecule has 1 aromatic heterocycles. The molecule has 0 saturated carbocycles. The van der Waals surface area contributed by atoms with Gasteiger partial charge in [-0.05, 0) is 65.9 Å². The predicted octanol–water partition coefficient (Wildman–Crippen LogP) is 6.59. The van der Waals surface area contributed by atoms with Gasteiger partial charge in [0, 0.05) is 17.1 Å². The molecule has 0 radical (unpaired) electrons. The van der Waals surface area contributed by atoms with E-state index in [1.54, 1.807) is 19.2 Å². The van der Waals surface area contributed by atoms with Gasteiger partial charge in [-0.2, -0.15) is 0 Å². The molecule has 5 heteroatoms. The summed E-state index contributed by atoms with van der Waals surface area (Å²) in [6, 6.07) is 19.7. The van der Waals surface area contributed by atoms with Crippen molar-refractivity contribution < 1.29 is 9.84 Å². The highest BCUT2D eigenvalue weighted by molar-refractivity contribution is 6.42. The number of ether oxygens (including phenoxy) is 1. The third kappa shape index (κ3) is 4.20. The summed E-state index contributed by atoms with van der Waals surface area (Å²) in [6.45, 7) is 2.54. The molecular weight excluding hydrogens is 417 g/mol. The summed E-state index contributed by atoms with van der Waals surface area (Å²) in [5, 5.41) is 12.9. The number of aliphatic hydroxyl groups excluding tert-OH is 1. The van der Waals surface area contributed by atoms with Crippen molar-refractivity contribution in [3.05, 3.63) is 99.2 Å². The van der Waals surface area contributed by atoms with Crippen LogP contribution < -0.4 is 4.74 Å². The summed E-state index contributed by atoms with van der Waals surface area (Å²) in [5.41, 5.74) is 5.53. The molecule has 0 aliphatic carbocycles.